The molecule has 0 saturated carbocycles. The Morgan fingerprint density at radius 2 is 2.15 bits per heavy atom. The van der Waals surface area contributed by atoms with Crippen LogP contribution in [0.4, 0.5) is 14.9 Å². The van der Waals surface area contributed by atoms with Gasteiger partial charge in [0.2, 0.25) is 0 Å². The van der Waals surface area contributed by atoms with E-state index < -0.39 is 23.7 Å². The molecule has 7 heteroatoms. The SMILES string of the molecule is CCCC(CNC(=O)Nc1ccc(Br)c(F)c1)C(=O)O. The lowest BCUT2D eigenvalue weighted by Gasteiger charge is -2.13. The minimum atomic E-state index is -0.943. The Kier molecular flexibility index (Phi) is 6.44. The third kappa shape index (κ3) is 5.16. The van der Waals surface area contributed by atoms with Gasteiger partial charge in [0.05, 0.1) is 10.4 Å². The van der Waals surface area contributed by atoms with E-state index in [-0.39, 0.29) is 6.54 Å². The van der Waals surface area contributed by atoms with E-state index in [9.17, 15) is 14.0 Å². The molecule has 1 atom stereocenters. The van der Waals surface area contributed by atoms with Gasteiger partial charge in [-0.25, -0.2) is 9.18 Å². The monoisotopic (exact) mass is 346 g/mol. The number of hydrogen-bond donors (Lipinski definition) is 3. The predicted octanol–water partition coefficient (Wildman–Crippen LogP) is 3.21. The summed E-state index contributed by atoms with van der Waals surface area (Å²) < 4.78 is 13.6. The normalized spacial score (nSPS) is 11.8. The predicted molar refractivity (Wildman–Crippen MR) is 77.2 cm³/mol. The number of amides is 2. The molecule has 1 unspecified atom stereocenters. The maximum atomic E-state index is 13.3. The number of rotatable bonds is 6. The molecule has 0 spiro atoms. The first-order chi connectivity index (χ1) is 9.43. The number of benzene rings is 1. The molecule has 110 valence electrons. The summed E-state index contributed by atoms with van der Waals surface area (Å²) in [7, 11) is 0. The van der Waals surface area contributed by atoms with E-state index >= 15 is 0 Å². The summed E-state index contributed by atoms with van der Waals surface area (Å²) in [6.07, 6.45) is 1.21. The van der Waals surface area contributed by atoms with Crippen molar-refractivity contribution in [2.24, 2.45) is 5.92 Å². The summed E-state index contributed by atoms with van der Waals surface area (Å²) in [5.41, 5.74) is 0.297. The van der Waals surface area contributed by atoms with E-state index in [2.05, 4.69) is 26.6 Å². The van der Waals surface area contributed by atoms with Crippen LogP contribution in [0.3, 0.4) is 0 Å². The second-order valence-corrected chi connectivity index (χ2v) is 5.14. The van der Waals surface area contributed by atoms with Crippen molar-refractivity contribution in [1.29, 1.82) is 0 Å². The Morgan fingerprint density at radius 3 is 2.70 bits per heavy atom. The van der Waals surface area contributed by atoms with Crippen LogP contribution >= 0.6 is 15.9 Å². The number of nitrogens with one attached hydrogen (secondary N) is 2. The molecule has 0 saturated heterocycles. The largest absolute Gasteiger partial charge is 0.481 e. The molecule has 0 aliphatic rings. The first kappa shape index (κ1) is 16.4. The van der Waals surface area contributed by atoms with Crippen molar-refractivity contribution in [2.75, 3.05) is 11.9 Å². The molecule has 0 heterocycles. The van der Waals surface area contributed by atoms with Gasteiger partial charge in [-0.05, 0) is 40.5 Å². The summed E-state index contributed by atoms with van der Waals surface area (Å²) in [5.74, 6) is -2.05. The third-order valence-corrected chi connectivity index (χ3v) is 3.32. The molecule has 0 aromatic heterocycles. The van der Waals surface area contributed by atoms with Crippen molar-refractivity contribution in [3.63, 3.8) is 0 Å². The zero-order valence-electron chi connectivity index (χ0n) is 11.0. The van der Waals surface area contributed by atoms with E-state index in [1.54, 1.807) is 0 Å². The highest BCUT2D eigenvalue weighted by molar-refractivity contribution is 9.10. The number of anilines is 1. The standard InChI is InChI=1S/C13H16BrFN2O3/c1-2-3-8(12(18)19)7-16-13(20)17-9-4-5-10(14)11(15)6-9/h4-6,8H,2-3,7H2,1H3,(H,18,19)(H2,16,17,20). The maximum absolute atomic E-state index is 13.3. The molecule has 3 N–H and O–H groups in total. The van der Waals surface area contributed by atoms with Crippen molar-refractivity contribution >= 4 is 33.6 Å². The first-order valence-electron chi connectivity index (χ1n) is 6.16. The molecule has 1 aromatic carbocycles. The summed E-state index contributed by atoms with van der Waals surface area (Å²) in [5, 5.41) is 13.9. The van der Waals surface area contributed by atoms with E-state index in [1.165, 1.54) is 18.2 Å². The molecular weight excluding hydrogens is 331 g/mol. The van der Waals surface area contributed by atoms with Crippen LogP contribution in [-0.4, -0.2) is 23.7 Å². The minimum absolute atomic E-state index is 0.0357. The number of aliphatic carboxylic acids is 1. The molecule has 0 radical (unpaired) electrons. The number of carbonyl (C=O) groups excluding carboxylic acids is 1. The molecule has 1 rings (SSSR count). The van der Waals surface area contributed by atoms with Gasteiger partial charge in [-0.3, -0.25) is 4.79 Å². The molecule has 2 amide bonds. The smallest absolute Gasteiger partial charge is 0.319 e. The average molecular weight is 347 g/mol. The molecular formula is C13H16BrFN2O3. The number of carboxylic acid groups (broad SMARTS) is 1. The fraction of sp³-hybridized carbons (Fsp3) is 0.385. The Labute approximate surface area is 124 Å². The van der Waals surface area contributed by atoms with Crippen molar-refractivity contribution in [3.05, 3.63) is 28.5 Å². The van der Waals surface area contributed by atoms with Crippen molar-refractivity contribution in [3.8, 4) is 0 Å². The molecule has 5 nitrogen and oxygen atoms in total. The fourth-order valence-electron chi connectivity index (χ4n) is 1.63. The average Bonchev–Trinajstić information content (AvgIpc) is 2.38. The number of hydrogen-bond acceptors (Lipinski definition) is 2. The minimum Gasteiger partial charge on any atom is -0.481 e. The van der Waals surface area contributed by atoms with Crippen molar-refractivity contribution < 1.29 is 19.1 Å². The number of carboxylic acids is 1. The van der Waals surface area contributed by atoms with Gasteiger partial charge in [-0.1, -0.05) is 13.3 Å². The summed E-state index contributed by atoms with van der Waals surface area (Å²) in [4.78, 5) is 22.5. The quantitative estimate of drug-likeness (QED) is 0.739. The molecule has 0 aliphatic carbocycles. The summed E-state index contributed by atoms with van der Waals surface area (Å²) >= 11 is 3.01. The van der Waals surface area contributed by atoms with Crippen LogP contribution in [-0.2, 0) is 4.79 Å². The van der Waals surface area contributed by atoms with Gasteiger partial charge in [0, 0.05) is 12.2 Å². The van der Waals surface area contributed by atoms with E-state index in [1.807, 2.05) is 6.92 Å². The Bertz CT molecular complexity index is 497. The van der Waals surface area contributed by atoms with Crippen LogP contribution in [0.25, 0.3) is 0 Å². The number of halogens is 2. The van der Waals surface area contributed by atoms with Gasteiger partial charge >= 0.3 is 12.0 Å². The van der Waals surface area contributed by atoms with Crippen LogP contribution in [0.2, 0.25) is 0 Å². The third-order valence-electron chi connectivity index (χ3n) is 2.67. The topological polar surface area (TPSA) is 78.4 Å². The van der Waals surface area contributed by atoms with Gasteiger partial charge in [0.15, 0.2) is 0 Å². The van der Waals surface area contributed by atoms with Gasteiger partial charge in [-0.2, -0.15) is 0 Å². The number of carbonyl (C=O) groups is 2. The van der Waals surface area contributed by atoms with E-state index in [0.717, 1.165) is 6.42 Å². The lowest BCUT2D eigenvalue weighted by molar-refractivity contribution is -0.141. The lowest BCUT2D eigenvalue weighted by atomic mass is 10.0. The zero-order valence-corrected chi connectivity index (χ0v) is 12.5. The second-order valence-electron chi connectivity index (χ2n) is 4.29. The Hall–Kier alpha value is -1.63. The van der Waals surface area contributed by atoms with Gasteiger partial charge in [0.1, 0.15) is 5.82 Å². The molecule has 1 aromatic rings. The first-order valence-corrected chi connectivity index (χ1v) is 6.96. The van der Waals surface area contributed by atoms with Crippen LogP contribution in [0.5, 0.6) is 0 Å². The second kappa shape index (κ2) is 7.84. The molecule has 0 aliphatic heterocycles. The zero-order chi connectivity index (χ0) is 15.1. The molecule has 0 fully saturated rings. The van der Waals surface area contributed by atoms with E-state index in [0.29, 0.717) is 16.6 Å². The van der Waals surface area contributed by atoms with Crippen LogP contribution < -0.4 is 10.6 Å². The highest BCUT2D eigenvalue weighted by Gasteiger charge is 2.17. The van der Waals surface area contributed by atoms with Crippen LogP contribution in [0, 0.1) is 11.7 Å². The Balaban J connectivity index is 2.50. The van der Waals surface area contributed by atoms with E-state index in [4.69, 9.17) is 5.11 Å². The van der Waals surface area contributed by atoms with Crippen LogP contribution in [0.1, 0.15) is 19.8 Å². The summed E-state index contributed by atoms with van der Waals surface area (Å²) in [6.45, 7) is 1.91. The fourth-order valence-corrected chi connectivity index (χ4v) is 1.87. The molecule has 0 bridgehead atoms. The highest BCUT2D eigenvalue weighted by Crippen LogP contribution is 2.19. The maximum Gasteiger partial charge on any atom is 0.319 e. The van der Waals surface area contributed by atoms with Gasteiger partial charge in [-0.15, -0.1) is 0 Å². The molecule has 20 heavy (non-hydrogen) atoms. The Morgan fingerprint density at radius 1 is 1.45 bits per heavy atom. The van der Waals surface area contributed by atoms with Crippen LogP contribution in [0.15, 0.2) is 22.7 Å². The van der Waals surface area contributed by atoms with Crippen molar-refractivity contribution in [2.45, 2.75) is 19.8 Å². The van der Waals surface area contributed by atoms with Gasteiger partial charge in [0.25, 0.3) is 0 Å². The van der Waals surface area contributed by atoms with Gasteiger partial charge < -0.3 is 15.7 Å². The van der Waals surface area contributed by atoms with Crippen molar-refractivity contribution in [1.82, 2.24) is 5.32 Å². The highest BCUT2D eigenvalue weighted by atomic mass is 79.9. The lowest BCUT2D eigenvalue weighted by Crippen LogP contribution is -2.35. The number of urea groups is 1. The summed E-state index contributed by atoms with van der Waals surface area (Å²) in [6, 6.07) is 3.62.